The topological polar surface area (TPSA) is 93.2 Å². The molecule has 3 heterocycles. The number of para-hydroxylation sites is 1. The highest BCUT2D eigenvalue weighted by molar-refractivity contribution is 5.78. The number of benzene rings is 2. The molecule has 4 aromatic rings. The fourth-order valence-electron chi connectivity index (χ4n) is 5.27. The van der Waals surface area contributed by atoms with Crippen molar-refractivity contribution in [1.82, 2.24) is 14.5 Å². The fraction of sp³-hybridized carbons (Fsp3) is 0.267. The molecule has 1 fully saturated rings. The minimum absolute atomic E-state index is 0.151. The van der Waals surface area contributed by atoms with Crippen molar-refractivity contribution in [2.75, 3.05) is 7.05 Å². The lowest BCUT2D eigenvalue weighted by atomic mass is 9.70. The molecule has 6 rings (SSSR count). The smallest absolute Gasteiger partial charge is 0.207 e. The quantitative estimate of drug-likeness (QED) is 0.371. The van der Waals surface area contributed by atoms with Gasteiger partial charge in [0.05, 0.1) is 17.7 Å². The van der Waals surface area contributed by atoms with Gasteiger partial charge in [0, 0.05) is 42.1 Å². The Bertz CT molecular complexity index is 1530. The number of ether oxygens (including phenoxy) is 1. The van der Waals surface area contributed by atoms with Crippen molar-refractivity contribution in [2.24, 2.45) is 5.73 Å². The number of nitrogens with zero attached hydrogens (tertiary/aromatic N) is 4. The van der Waals surface area contributed by atoms with E-state index in [4.69, 9.17) is 14.9 Å². The Morgan fingerprint density at radius 1 is 1.14 bits per heavy atom. The number of imidazole rings is 1. The maximum atomic E-state index is 10.3. The third-order valence-corrected chi connectivity index (χ3v) is 7.56. The average molecular weight is 492 g/mol. The van der Waals surface area contributed by atoms with Gasteiger partial charge in [0.1, 0.15) is 23.0 Å². The molecule has 0 amide bonds. The van der Waals surface area contributed by atoms with Crippen LogP contribution in [0.15, 0.2) is 101 Å². The minimum Gasteiger partial charge on any atom is -0.460 e. The molecule has 2 aliphatic rings. The van der Waals surface area contributed by atoms with E-state index in [0.29, 0.717) is 17.5 Å². The van der Waals surface area contributed by atoms with Gasteiger partial charge >= 0.3 is 0 Å². The van der Waals surface area contributed by atoms with Gasteiger partial charge in [-0.25, -0.2) is 4.98 Å². The predicted octanol–water partition coefficient (Wildman–Crippen LogP) is 5.71. The zero-order chi connectivity index (χ0) is 25.7. The Kier molecular flexibility index (Phi) is 5.34. The van der Waals surface area contributed by atoms with E-state index < -0.39 is 11.3 Å². The lowest BCUT2D eigenvalue weighted by molar-refractivity contribution is 0.153. The Hall–Kier alpha value is -4.44. The SMILES string of the molecule is CN(C1=C(C(C)(C)c2cc3ccccc3o2)C(c2ccc(-n3ccnc3)cc2)C(C#N)=C(N)O1)C1CC1. The van der Waals surface area contributed by atoms with E-state index in [1.54, 1.807) is 12.5 Å². The van der Waals surface area contributed by atoms with E-state index in [2.05, 4.69) is 48.0 Å². The minimum atomic E-state index is -0.603. The van der Waals surface area contributed by atoms with Gasteiger partial charge in [-0.05, 0) is 56.5 Å². The van der Waals surface area contributed by atoms with Crippen LogP contribution in [0.25, 0.3) is 16.7 Å². The number of allylic oxidation sites excluding steroid dienone is 2. The molecule has 1 atom stereocenters. The molecule has 0 radical (unpaired) electrons. The van der Waals surface area contributed by atoms with Crippen LogP contribution in [0.3, 0.4) is 0 Å². The number of fused-ring (bicyclic) bond motifs is 1. The number of nitrogens with two attached hydrogens (primary N) is 1. The molecule has 7 nitrogen and oxygen atoms in total. The van der Waals surface area contributed by atoms with Crippen molar-refractivity contribution in [3.05, 3.63) is 108 Å². The molecule has 2 N–H and O–H groups in total. The van der Waals surface area contributed by atoms with Crippen molar-refractivity contribution in [1.29, 1.82) is 5.26 Å². The van der Waals surface area contributed by atoms with E-state index in [-0.39, 0.29) is 5.88 Å². The third-order valence-electron chi connectivity index (χ3n) is 7.56. The first-order valence-corrected chi connectivity index (χ1v) is 12.5. The third kappa shape index (κ3) is 3.86. The van der Waals surface area contributed by atoms with E-state index in [9.17, 15) is 5.26 Å². The van der Waals surface area contributed by atoms with Gasteiger partial charge in [-0.15, -0.1) is 0 Å². The summed E-state index contributed by atoms with van der Waals surface area (Å²) in [6, 6.07) is 21.0. The van der Waals surface area contributed by atoms with Crippen molar-refractivity contribution in [2.45, 2.75) is 44.1 Å². The monoisotopic (exact) mass is 491 g/mol. The molecule has 2 aromatic carbocycles. The van der Waals surface area contributed by atoms with Crippen LogP contribution in [0.2, 0.25) is 0 Å². The second-order valence-electron chi connectivity index (χ2n) is 10.3. The molecule has 1 unspecified atom stereocenters. The lowest BCUT2D eigenvalue weighted by Crippen LogP contribution is -2.37. The zero-order valence-corrected chi connectivity index (χ0v) is 21.2. The molecular weight excluding hydrogens is 462 g/mol. The van der Waals surface area contributed by atoms with Gasteiger partial charge in [0.25, 0.3) is 0 Å². The van der Waals surface area contributed by atoms with E-state index in [1.165, 1.54) is 0 Å². The molecule has 2 aromatic heterocycles. The van der Waals surface area contributed by atoms with Crippen LogP contribution in [-0.2, 0) is 10.2 Å². The van der Waals surface area contributed by atoms with Crippen molar-refractivity contribution >= 4 is 11.0 Å². The first kappa shape index (κ1) is 23.0. The Labute approximate surface area is 216 Å². The number of nitriles is 1. The number of hydrogen-bond donors (Lipinski definition) is 1. The highest BCUT2D eigenvalue weighted by Gasteiger charge is 2.46. The summed E-state index contributed by atoms with van der Waals surface area (Å²) in [6.07, 6.45) is 7.61. The maximum absolute atomic E-state index is 10.3. The summed E-state index contributed by atoms with van der Waals surface area (Å²) in [5.74, 6) is 1.27. The summed E-state index contributed by atoms with van der Waals surface area (Å²) >= 11 is 0. The summed E-state index contributed by atoms with van der Waals surface area (Å²) in [6.45, 7) is 4.26. The predicted molar refractivity (Wildman–Crippen MR) is 141 cm³/mol. The van der Waals surface area contributed by atoms with Gasteiger partial charge in [0.2, 0.25) is 5.88 Å². The van der Waals surface area contributed by atoms with Gasteiger partial charge in [-0.3, -0.25) is 0 Å². The van der Waals surface area contributed by atoms with Crippen molar-refractivity contribution < 1.29 is 9.15 Å². The molecule has 1 aliphatic carbocycles. The van der Waals surface area contributed by atoms with E-state index in [0.717, 1.165) is 46.4 Å². The van der Waals surface area contributed by atoms with E-state index in [1.807, 2.05) is 54.2 Å². The number of hydrogen-bond acceptors (Lipinski definition) is 6. The molecule has 0 bridgehead atoms. The van der Waals surface area contributed by atoms with Gasteiger partial charge in [0.15, 0.2) is 5.88 Å². The average Bonchev–Trinajstić information content (AvgIpc) is 3.42. The van der Waals surface area contributed by atoms with Crippen molar-refractivity contribution in [3.63, 3.8) is 0 Å². The van der Waals surface area contributed by atoms with E-state index >= 15 is 0 Å². The Morgan fingerprint density at radius 2 is 1.89 bits per heavy atom. The number of rotatable bonds is 6. The van der Waals surface area contributed by atoms with Gasteiger partial charge in [-0.1, -0.05) is 30.3 Å². The summed E-state index contributed by atoms with van der Waals surface area (Å²) in [7, 11) is 2.05. The summed E-state index contributed by atoms with van der Waals surface area (Å²) in [4.78, 5) is 6.32. The standard InChI is InChI=1S/C30H29N5O2/c1-30(2,25-16-20-6-4-5-7-24(20)36-25)27-26(19-8-10-22(11-9-19)35-15-14-33-18-35)23(17-31)28(32)37-29(27)34(3)21-12-13-21/h4-11,14-16,18,21,26H,12-13,32H2,1-3H3. The molecule has 0 spiro atoms. The lowest BCUT2D eigenvalue weighted by Gasteiger charge is -2.39. The first-order chi connectivity index (χ1) is 17.9. The van der Waals surface area contributed by atoms with Gasteiger partial charge < -0.3 is 24.4 Å². The van der Waals surface area contributed by atoms with Crippen LogP contribution < -0.4 is 5.73 Å². The highest BCUT2D eigenvalue weighted by Crippen LogP contribution is 2.50. The molecule has 186 valence electrons. The summed E-state index contributed by atoms with van der Waals surface area (Å²) < 4.78 is 14.6. The second-order valence-corrected chi connectivity index (χ2v) is 10.3. The summed E-state index contributed by atoms with van der Waals surface area (Å²) in [5.41, 5.74) is 9.96. The highest BCUT2D eigenvalue weighted by atomic mass is 16.5. The maximum Gasteiger partial charge on any atom is 0.207 e. The van der Waals surface area contributed by atoms with Crippen LogP contribution in [0.4, 0.5) is 0 Å². The first-order valence-electron chi connectivity index (χ1n) is 12.5. The van der Waals surface area contributed by atoms with Crippen LogP contribution in [0, 0.1) is 11.3 Å². The number of aromatic nitrogens is 2. The Morgan fingerprint density at radius 3 is 2.54 bits per heavy atom. The molecule has 1 saturated carbocycles. The molecular formula is C30H29N5O2. The largest absolute Gasteiger partial charge is 0.460 e. The van der Waals surface area contributed by atoms with Crippen LogP contribution in [-0.4, -0.2) is 27.5 Å². The fourth-order valence-corrected chi connectivity index (χ4v) is 5.27. The van der Waals surface area contributed by atoms with Crippen LogP contribution in [0.5, 0.6) is 0 Å². The number of furan rings is 1. The Balaban J connectivity index is 1.54. The molecule has 1 aliphatic heterocycles. The molecule has 37 heavy (non-hydrogen) atoms. The summed E-state index contributed by atoms with van der Waals surface area (Å²) in [5, 5.41) is 11.3. The zero-order valence-electron chi connectivity index (χ0n) is 21.2. The second kappa shape index (κ2) is 8.59. The van der Waals surface area contributed by atoms with Crippen LogP contribution in [0.1, 0.15) is 43.9 Å². The van der Waals surface area contributed by atoms with Gasteiger partial charge in [-0.2, -0.15) is 5.26 Å². The molecule has 0 saturated heterocycles. The molecule has 7 heteroatoms. The van der Waals surface area contributed by atoms with Crippen molar-refractivity contribution in [3.8, 4) is 11.8 Å². The van der Waals surface area contributed by atoms with Crippen LogP contribution >= 0.6 is 0 Å². The normalized spacial score (nSPS) is 18.2.